The second kappa shape index (κ2) is 42.0. The second-order valence-electron chi connectivity index (χ2n) is 13.4. The number of ether oxygens (including phenoxy) is 2. The number of hydrogen-bond donors (Lipinski definition) is 1. The summed E-state index contributed by atoms with van der Waals surface area (Å²) in [5.74, 6) is -0.00490. The quantitative estimate of drug-likeness (QED) is 0.0411. The van der Waals surface area contributed by atoms with E-state index in [0.717, 1.165) is 90.3 Å². The number of carbonyl (C=O) groups excluding carboxylic acids is 2. The standard InChI is InChI=1S/C30H59NO4.C10H22O/c1-3-5-6-7-11-16-22-29(21-4-2)35-30(34)23-17-12-10-14-19-25-31(26-28-33)24-18-13-8-9-15-20-27-32;1-3-4-5-6-7-8-9-10-11-2/h27,29,33H,3-26,28H2,1-2H3;3-10H2,1-2H3. The maximum Gasteiger partial charge on any atom is 0.306 e. The Balaban J connectivity index is 0. The Morgan fingerprint density at radius 2 is 1.11 bits per heavy atom. The lowest BCUT2D eigenvalue weighted by molar-refractivity contribution is -0.150. The van der Waals surface area contributed by atoms with Crippen LogP contribution >= 0.6 is 0 Å². The third kappa shape index (κ3) is 39.2. The van der Waals surface area contributed by atoms with Gasteiger partial charge in [-0.1, -0.05) is 136 Å². The fourth-order valence-corrected chi connectivity index (χ4v) is 5.89. The predicted molar refractivity (Wildman–Crippen MR) is 198 cm³/mol. The van der Waals surface area contributed by atoms with Crippen molar-refractivity contribution < 1.29 is 24.2 Å². The van der Waals surface area contributed by atoms with Gasteiger partial charge in [-0.2, -0.15) is 0 Å². The van der Waals surface area contributed by atoms with E-state index in [1.807, 2.05) is 0 Å². The highest BCUT2D eigenvalue weighted by Gasteiger charge is 2.13. The summed E-state index contributed by atoms with van der Waals surface area (Å²) in [5.41, 5.74) is 0. The Bertz CT molecular complexity index is 580. The molecule has 0 radical (unpaired) electrons. The first-order valence-corrected chi connectivity index (χ1v) is 20.0. The highest BCUT2D eigenvalue weighted by molar-refractivity contribution is 5.69. The molecule has 46 heavy (non-hydrogen) atoms. The zero-order chi connectivity index (χ0) is 34.2. The number of aliphatic hydroxyl groups excluding tert-OH is 1. The summed E-state index contributed by atoms with van der Waals surface area (Å²) in [7, 11) is 1.77. The Hall–Kier alpha value is -0.980. The van der Waals surface area contributed by atoms with Gasteiger partial charge in [0.2, 0.25) is 0 Å². The zero-order valence-electron chi connectivity index (χ0n) is 31.5. The van der Waals surface area contributed by atoms with Gasteiger partial charge in [0.1, 0.15) is 12.4 Å². The van der Waals surface area contributed by atoms with E-state index >= 15 is 0 Å². The summed E-state index contributed by atoms with van der Waals surface area (Å²) < 4.78 is 10.8. The summed E-state index contributed by atoms with van der Waals surface area (Å²) in [5, 5.41) is 9.33. The van der Waals surface area contributed by atoms with Crippen LogP contribution in [0.25, 0.3) is 0 Å². The van der Waals surface area contributed by atoms with Crippen LogP contribution in [0, 0.1) is 0 Å². The molecule has 6 heteroatoms. The molecule has 0 aliphatic carbocycles. The number of aliphatic hydroxyl groups is 1. The number of esters is 1. The molecule has 6 nitrogen and oxygen atoms in total. The summed E-state index contributed by atoms with van der Waals surface area (Å²) >= 11 is 0. The second-order valence-corrected chi connectivity index (χ2v) is 13.4. The van der Waals surface area contributed by atoms with Crippen molar-refractivity contribution in [1.29, 1.82) is 0 Å². The molecule has 1 atom stereocenters. The van der Waals surface area contributed by atoms with Gasteiger partial charge in [0.25, 0.3) is 0 Å². The van der Waals surface area contributed by atoms with Gasteiger partial charge < -0.3 is 24.3 Å². The van der Waals surface area contributed by atoms with Crippen molar-refractivity contribution in [2.45, 2.75) is 207 Å². The van der Waals surface area contributed by atoms with E-state index in [0.29, 0.717) is 12.8 Å². The van der Waals surface area contributed by atoms with Crippen molar-refractivity contribution in [3.8, 4) is 0 Å². The molecule has 0 fully saturated rings. The molecule has 0 aromatic heterocycles. The fraction of sp³-hybridized carbons (Fsp3) is 0.950. The van der Waals surface area contributed by atoms with Crippen LogP contribution in [0.3, 0.4) is 0 Å². The first kappa shape index (κ1) is 47.1. The van der Waals surface area contributed by atoms with Crippen LogP contribution in [0.2, 0.25) is 0 Å². The van der Waals surface area contributed by atoms with E-state index in [2.05, 4.69) is 25.7 Å². The SMILES string of the molecule is CCCCCCCCC(CCC)OC(=O)CCCCCCCN(CCO)CCCCCCCC=O.CCCCCCCCCOC. The van der Waals surface area contributed by atoms with Crippen LogP contribution in [0.4, 0.5) is 0 Å². The van der Waals surface area contributed by atoms with E-state index in [9.17, 15) is 14.7 Å². The monoisotopic (exact) mass is 656 g/mol. The first-order valence-electron chi connectivity index (χ1n) is 20.0. The molecular weight excluding hydrogens is 574 g/mol. The van der Waals surface area contributed by atoms with E-state index in [1.165, 1.54) is 109 Å². The van der Waals surface area contributed by atoms with Crippen LogP contribution < -0.4 is 0 Å². The average molecular weight is 656 g/mol. The van der Waals surface area contributed by atoms with Gasteiger partial charge in [0.05, 0.1) is 6.61 Å². The van der Waals surface area contributed by atoms with Crippen molar-refractivity contribution in [3.63, 3.8) is 0 Å². The Kier molecular flexibility index (Phi) is 43.1. The highest BCUT2D eigenvalue weighted by atomic mass is 16.5. The van der Waals surface area contributed by atoms with Gasteiger partial charge >= 0.3 is 5.97 Å². The molecule has 1 unspecified atom stereocenters. The van der Waals surface area contributed by atoms with Gasteiger partial charge in [-0.15, -0.1) is 0 Å². The Morgan fingerprint density at radius 3 is 1.63 bits per heavy atom. The minimum Gasteiger partial charge on any atom is -0.462 e. The van der Waals surface area contributed by atoms with E-state index in [-0.39, 0.29) is 18.7 Å². The number of unbranched alkanes of at least 4 members (excludes halogenated alkanes) is 20. The molecule has 0 rings (SSSR count). The minimum atomic E-state index is -0.00490. The summed E-state index contributed by atoms with van der Waals surface area (Å²) in [6.45, 7) is 10.7. The van der Waals surface area contributed by atoms with Crippen LogP contribution in [-0.4, -0.2) is 68.3 Å². The summed E-state index contributed by atoms with van der Waals surface area (Å²) in [6, 6.07) is 0. The Morgan fingerprint density at radius 1 is 0.609 bits per heavy atom. The highest BCUT2D eigenvalue weighted by Crippen LogP contribution is 2.16. The molecule has 0 bridgehead atoms. The number of aldehydes is 1. The van der Waals surface area contributed by atoms with Gasteiger partial charge in [-0.25, -0.2) is 0 Å². The van der Waals surface area contributed by atoms with Crippen LogP contribution in [0.15, 0.2) is 0 Å². The van der Waals surface area contributed by atoms with Crippen LogP contribution in [0.1, 0.15) is 201 Å². The smallest absolute Gasteiger partial charge is 0.306 e. The molecule has 0 aliphatic heterocycles. The maximum absolute atomic E-state index is 12.3. The largest absolute Gasteiger partial charge is 0.462 e. The van der Waals surface area contributed by atoms with Crippen molar-refractivity contribution >= 4 is 12.3 Å². The maximum atomic E-state index is 12.3. The lowest BCUT2D eigenvalue weighted by atomic mass is 10.0. The first-order chi connectivity index (χ1) is 22.6. The minimum absolute atomic E-state index is 0.00490. The van der Waals surface area contributed by atoms with E-state index in [1.54, 1.807) is 7.11 Å². The average Bonchev–Trinajstić information content (AvgIpc) is 3.05. The topological polar surface area (TPSA) is 76.1 Å². The molecule has 0 aliphatic rings. The predicted octanol–water partition coefficient (Wildman–Crippen LogP) is 11.0. The van der Waals surface area contributed by atoms with Crippen molar-refractivity contribution in [2.24, 2.45) is 0 Å². The molecular formula is C40H81NO5. The third-order valence-electron chi connectivity index (χ3n) is 8.81. The van der Waals surface area contributed by atoms with Crippen LogP contribution in [-0.2, 0) is 19.1 Å². The molecule has 0 saturated carbocycles. The van der Waals surface area contributed by atoms with Gasteiger partial charge in [0, 0.05) is 33.1 Å². The van der Waals surface area contributed by atoms with Crippen molar-refractivity contribution in [3.05, 3.63) is 0 Å². The van der Waals surface area contributed by atoms with Crippen molar-refractivity contribution in [2.75, 3.05) is 40.0 Å². The zero-order valence-corrected chi connectivity index (χ0v) is 31.5. The van der Waals surface area contributed by atoms with Crippen LogP contribution in [0.5, 0.6) is 0 Å². The van der Waals surface area contributed by atoms with E-state index in [4.69, 9.17) is 9.47 Å². The molecule has 0 aromatic rings. The Labute approximate surface area is 287 Å². The molecule has 0 aromatic carbocycles. The number of nitrogens with zero attached hydrogens (tertiary/aromatic N) is 1. The normalized spacial score (nSPS) is 11.8. The molecule has 276 valence electrons. The van der Waals surface area contributed by atoms with Gasteiger partial charge in [0.15, 0.2) is 0 Å². The molecule has 0 saturated heterocycles. The lowest BCUT2D eigenvalue weighted by Gasteiger charge is -2.21. The van der Waals surface area contributed by atoms with Gasteiger partial charge in [-0.05, 0) is 64.5 Å². The summed E-state index contributed by atoms with van der Waals surface area (Å²) in [6.07, 6.45) is 34.0. The number of methoxy groups -OCH3 is 1. The lowest BCUT2D eigenvalue weighted by Crippen LogP contribution is -2.29. The van der Waals surface area contributed by atoms with Crippen molar-refractivity contribution in [1.82, 2.24) is 4.90 Å². The van der Waals surface area contributed by atoms with E-state index < -0.39 is 0 Å². The number of carbonyl (C=O) groups is 2. The number of rotatable bonds is 36. The van der Waals surface area contributed by atoms with Gasteiger partial charge in [-0.3, -0.25) is 4.79 Å². The third-order valence-corrected chi connectivity index (χ3v) is 8.81. The fourth-order valence-electron chi connectivity index (χ4n) is 5.89. The molecule has 0 amide bonds. The summed E-state index contributed by atoms with van der Waals surface area (Å²) in [4.78, 5) is 25.0. The molecule has 0 heterocycles. The number of hydrogen-bond acceptors (Lipinski definition) is 6. The molecule has 0 spiro atoms. The molecule has 1 N–H and O–H groups in total.